The van der Waals surface area contributed by atoms with E-state index in [1.807, 2.05) is 18.2 Å². The minimum atomic E-state index is -0.912. The predicted octanol–water partition coefficient (Wildman–Crippen LogP) is 9.90. The van der Waals surface area contributed by atoms with Crippen molar-refractivity contribution in [1.82, 2.24) is 40.2 Å². The van der Waals surface area contributed by atoms with Gasteiger partial charge in [-0.15, -0.1) is 11.3 Å². The van der Waals surface area contributed by atoms with Gasteiger partial charge in [-0.25, -0.2) is 10.4 Å². The number of nitrogens with zero attached hydrogens (tertiary/aromatic N) is 6. The van der Waals surface area contributed by atoms with Gasteiger partial charge in [0.1, 0.15) is 12.1 Å². The van der Waals surface area contributed by atoms with E-state index in [1.165, 1.54) is 18.4 Å². The molecule has 2 N–H and O–H groups in total. The van der Waals surface area contributed by atoms with Gasteiger partial charge in [0.25, 0.3) is 5.91 Å². The van der Waals surface area contributed by atoms with E-state index in [2.05, 4.69) is 88.7 Å². The molecule has 0 radical (unpaired) electrons. The third-order valence-corrected chi connectivity index (χ3v) is 19.6. The summed E-state index contributed by atoms with van der Waals surface area (Å²) in [6.45, 7) is 13.9. The van der Waals surface area contributed by atoms with Crippen molar-refractivity contribution in [3.8, 4) is 22.5 Å². The summed E-state index contributed by atoms with van der Waals surface area (Å²) in [6.07, 6.45) is 16.0. The highest BCUT2D eigenvalue weighted by Gasteiger charge is 2.55. The number of carbonyl (C=O) groups excluding carboxylic acids is 3. The number of fused-ring (bicyclic) bond motifs is 6. The molecular formula is C62H80N8O7S. The van der Waals surface area contributed by atoms with Gasteiger partial charge in [-0.05, 0) is 150 Å². The van der Waals surface area contributed by atoms with Crippen LogP contribution in [0.2, 0.25) is 0 Å². The lowest BCUT2D eigenvalue weighted by Crippen LogP contribution is -2.61. The molecule has 7 atom stereocenters. The van der Waals surface area contributed by atoms with Crippen LogP contribution in [0.3, 0.4) is 0 Å². The number of nitrogens with one attached hydrogen (secondary N) is 2. The van der Waals surface area contributed by atoms with Crippen molar-refractivity contribution in [2.24, 2.45) is 23.2 Å². The van der Waals surface area contributed by atoms with E-state index < -0.39 is 17.5 Å². The first-order valence-electron chi connectivity index (χ1n) is 29.5. The Hall–Kier alpha value is -5.10. The van der Waals surface area contributed by atoms with Crippen molar-refractivity contribution in [3.05, 3.63) is 87.8 Å². The molecular weight excluding hydrogens is 1000 g/mol. The van der Waals surface area contributed by atoms with Gasteiger partial charge >= 0.3 is 5.97 Å². The number of esters is 1. The van der Waals surface area contributed by atoms with Gasteiger partial charge in [-0.3, -0.25) is 29.4 Å². The molecule has 12 rings (SSSR count). The Balaban J connectivity index is 0.988. The summed E-state index contributed by atoms with van der Waals surface area (Å²) in [5, 5.41) is 9.05. The molecule has 4 aromatic heterocycles. The molecule has 15 nitrogen and oxygen atoms in total. The molecule has 7 aliphatic rings. The quantitative estimate of drug-likeness (QED) is 0.108. The van der Waals surface area contributed by atoms with E-state index in [1.54, 1.807) is 29.7 Å². The van der Waals surface area contributed by atoms with Gasteiger partial charge in [0.2, 0.25) is 5.91 Å². The summed E-state index contributed by atoms with van der Waals surface area (Å²) < 4.78 is 27.4. The summed E-state index contributed by atoms with van der Waals surface area (Å²) in [6, 6.07) is 14.1. The van der Waals surface area contributed by atoms with Crippen LogP contribution in [-0.2, 0) is 46.3 Å². The molecule has 4 aliphatic heterocycles. The second-order valence-corrected chi connectivity index (χ2v) is 25.5. The Morgan fingerprint density at radius 1 is 0.949 bits per heavy atom. The van der Waals surface area contributed by atoms with Crippen molar-refractivity contribution in [2.75, 3.05) is 53.2 Å². The monoisotopic (exact) mass is 1080 g/mol. The average molecular weight is 1080 g/mol. The highest BCUT2D eigenvalue weighted by molar-refractivity contribution is 7.10. The van der Waals surface area contributed by atoms with Crippen LogP contribution in [0.1, 0.15) is 156 Å². The summed E-state index contributed by atoms with van der Waals surface area (Å²) >= 11 is 1.58. The van der Waals surface area contributed by atoms with Crippen molar-refractivity contribution < 1.29 is 33.3 Å². The second-order valence-electron chi connectivity index (χ2n) is 24.6. The SMILES string of the molecule is CO[C@@H](C)c1ncc(C2CCN(C3CC3)CC2)cc1-c1c2c3cc(ccc3n1CCOC1CCOCC1)-c1csc(n1)[C@@H](C1CCCC1)[C@H](NC(=O)[C@@H]1[C@@H](C)[C@H]1c1ccccn1)C(=O)N1CCC[C@H](N1)C(=O)OCC(C)(C)C2. The summed E-state index contributed by atoms with van der Waals surface area (Å²) in [7, 11) is 1.76. The maximum Gasteiger partial charge on any atom is 0.324 e. The number of pyridine rings is 2. The number of thiazole rings is 1. The lowest BCUT2D eigenvalue weighted by Gasteiger charge is -2.38. The van der Waals surface area contributed by atoms with Gasteiger partial charge < -0.3 is 33.7 Å². The second kappa shape index (κ2) is 22.8. The first-order chi connectivity index (χ1) is 37.9. The fourth-order valence-electron chi connectivity index (χ4n) is 14.0. The van der Waals surface area contributed by atoms with Crippen LogP contribution in [0.25, 0.3) is 33.4 Å². The number of carbonyl (C=O) groups is 3. The van der Waals surface area contributed by atoms with Crippen LogP contribution in [0.5, 0.6) is 0 Å². The molecule has 78 heavy (non-hydrogen) atoms. The Labute approximate surface area is 463 Å². The maximum absolute atomic E-state index is 15.4. The first-order valence-corrected chi connectivity index (χ1v) is 30.3. The zero-order chi connectivity index (χ0) is 53.7. The Bertz CT molecular complexity index is 2960. The number of hydrogen-bond donors (Lipinski definition) is 2. The van der Waals surface area contributed by atoms with Gasteiger partial charge in [0.05, 0.1) is 47.5 Å². The van der Waals surface area contributed by atoms with E-state index >= 15 is 4.79 Å². The van der Waals surface area contributed by atoms with E-state index in [0.29, 0.717) is 58.1 Å². The molecule has 0 spiro atoms. The lowest BCUT2D eigenvalue weighted by molar-refractivity contribution is -0.155. The number of rotatable bonds is 13. The highest BCUT2D eigenvalue weighted by Crippen LogP contribution is 2.54. The molecule has 16 heteroatoms. The highest BCUT2D eigenvalue weighted by atomic mass is 32.1. The third kappa shape index (κ3) is 11.1. The summed E-state index contributed by atoms with van der Waals surface area (Å²) in [4.78, 5) is 62.7. The largest absolute Gasteiger partial charge is 0.464 e. The van der Waals surface area contributed by atoms with Gasteiger partial charge in [-0.2, -0.15) is 0 Å². The number of benzene rings is 1. The first kappa shape index (κ1) is 53.5. The normalized spacial score (nSPS) is 27.2. The minimum absolute atomic E-state index is 0.0340. The Morgan fingerprint density at radius 2 is 1.76 bits per heavy atom. The third-order valence-electron chi connectivity index (χ3n) is 18.6. The topological polar surface area (TPSA) is 162 Å². The van der Waals surface area contributed by atoms with E-state index in [4.69, 9.17) is 28.9 Å². The molecule has 6 bridgehead atoms. The van der Waals surface area contributed by atoms with Crippen LogP contribution in [-0.4, -0.2) is 125 Å². The predicted molar refractivity (Wildman–Crippen MR) is 301 cm³/mol. The molecule has 3 saturated heterocycles. The number of cyclic esters (lactones) is 1. The lowest BCUT2D eigenvalue weighted by atomic mass is 9.83. The van der Waals surface area contributed by atoms with Crippen LogP contribution in [0.4, 0.5) is 0 Å². The molecule has 3 saturated carbocycles. The van der Waals surface area contributed by atoms with E-state index in [0.717, 1.165) is 126 Å². The molecule has 3 aliphatic carbocycles. The van der Waals surface area contributed by atoms with Gasteiger partial charge in [0.15, 0.2) is 0 Å². The molecule has 0 unspecified atom stereocenters. The van der Waals surface area contributed by atoms with E-state index in [9.17, 15) is 9.59 Å². The summed E-state index contributed by atoms with van der Waals surface area (Å²) in [5.74, 6) is -0.935. The molecule has 6 fully saturated rings. The van der Waals surface area contributed by atoms with Crippen LogP contribution < -0.4 is 10.7 Å². The number of hydrazine groups is 1. The molecule has 1 aromatic carbocycles. The Morgan fingerprint density at radius 3 is 2.51 bits per heavy atom. The van der Waals surface area contributed by atoms with Crippen LogP contribution in [0.15, 0.2) is 60.2 Å². The van der Waals surface area contributed by atoms with Crippen molar-refractivity contribution in [1.29, 1.82) is 0 Å². The fourth-order valence-corrected chi connectivity index (χ4v) is 15.0. The standard InChI is InChI=1S/C62H80N8O7S/c1-37-52(48-13-8-9-23-63-48)53(37)58(71)66-56-54(40-11-6-7-12-40)59-65-50(35-78-59)41-15-18-51-45(31-41)47(33-62(3,4)36-77-61(73)49-14-10-24-70(67-49)60(56)72)57(69(51)27-30-76-44-21-28-75-29-22-44)46-32-42(34-64-55(46)38(2)74-5)39-19-25-68(26-20-39)43-16-17-43/h8-9,13,15,18,23,31-32,34-35,37-40,43-44,49,52-54,56,67H,6-7,10-12,14,16-17,19-22,24-30,33,36H2,1-5H3,(H,66,71)/t37-,38-,49-,52-,53+,54-,56-/m0/s1. The molecule has 416 valence electrons. The number of aromatic nitrogens is 4. The van der Waals surface area contributed by atoms with Gasteiger partial charge in [-0.1, -0.05) is 45.7 Å². The zero-order valence-corrected chi connectivity index (χ0v) is 47.2. The molecule has 5 aromatic rings. The average Bonchev–Trinajstić information content (AvgIpc) is 4.45. The number of hydrogen-bond acceptors (Lipinski definition) is 13. The minimum Gasteiger partial charge on any atom is -0.464 e. The maximum atomic E-state index is 15.4. The molecule has 8 heterocycles. The number of methoxy groups -OCH3 is 1. The smallest absolute Gasteiger partial charge is 0.324 e. The van der Waals surface area contributed by atoms with Gasteiger partial charge in [0, 0.05) is 108 Å². The zero-order valence-electron chi connectivity index (χ0n) is 46.4. The fraction of sp³-hybridized carbons (Fsp3) is 0.613. The van der Waals surface area contributed by atoms with Crippen molar-refractivity contribution >= 4 is 40.0 Å². The molecule has 2 amide bonds. The van der Waals surface area contributed by atoms with Crippen molar-refractivity contribution in [2.45, 2.75) is 166 Å². The summed E-state index contributed by atoms with van der Waals surface area (Å²) in [5.41, 5.74) is 12.0. The van der Waals surface area contributed by atoms with E-state index in [-0.39, 0.29) is 66.2 Å². The van der Waals surface area contributed by atoms with Crippen molar-refractivity contribution in [3.63, 3.8) is 0 Å². The number of piperidine rings is 1. The number of amides is 2. The Kier molecular flexibility index (Phi) is 15.7. The number of likely N-dealkylation sites (tertiary alicyclic amines) is 1. The van der Waals surface area contributed by atoms with Crippen LogP contribution >= 0.6 is 11.3 Å². The van der Waals surface area contributed by atoms with Crippen LogP contribution in [0, 0.1) is 23.2 Å². The number of ether oxygens (including phenoxy) is 4.